The van der Waals surface area contributed by atoms with Gasteiger partial charge in [-0.05, 0) is 30.2 Å². The third-order valence-electron chi connectivity index (χ3n) is 2.57. The molecule has 0 fully saturated rings. The van der Waals surface area contributed by atoms with Gasteiger partial charge in [0.2, 0.25) is 0 Å². The van der Waals surface area contributed by atoms with E-state index in [1.807, 2.05) is 12.1 Å². The van der Waals surface area contributed by atoms with Crippen LogP contribution in [0, 0.1) is 0 Å². The fraction of sp³-hybridized carbons (Fsp3) is 0.286. The normalized spacial score (nSPS) is 10.3. The van der Waals surface area contributed by atoms with E-state index in [9.17, 15) is 0 Å². The molecule has 18 heavy (non-hydrogen) atoms. The number of benzene rings is 1. The van der Waals surface area contributed by atoms with E-state index < -0.39 is 0 Å². The first-order chi connectivity index (χ1) is 8.81. The highest BCUT2D eigenvalue weighted by Gasteiger charge is 2.01. The average molecular weight is 243 g/mol. The fourth-order valence-corrected chi connectivity index (χ4v) is 1.66. The van der Waals surface area contributed by atoms with E-state index in [2.05, 4.69) is 29.0 Å². The number of rotatable bonds is 5. The minimum Gasteiger partial charge on any atom is -0.424 e. The molecule has 4 heteroatoms. The van der Waals surface area contributed by atoms with Crippen molar-refractivity contribution < 1.29 is 4.74 Å². The predicted octanol–water partition coefficient (Wildman–Crippen LogP) is 2.68. The lowest BCUT2D eigenvalue weighted by molar-refractivity contribution is 0.439. The van der Waals surface area contributed by atoms with Crippen molar-refractivity contribution >= 4 is 0 Å². The molecule has 4 nitrogen and oxygen atoms in total. The molecule has 0 aliphatic carbocycles. The summed E-state index contributed by atoms with van der Waals surface area (Å²) in [6.07, 6.45) is 3.87. The van der Waals surface area contributed by atoms with Gasteiger partial charge in [-0.25, -0.2) is 4.98 Å². The minimum absolute atomic E-state index is 0.334. The maximum absolute atomic E-state index is 5.58. The van der Waals surface area contributed by atoms with Gasteiger partial charge < -0.3 is 10.5 Å². The second-order valence-corrected chi connectivity index (χ2v) is 4.03. The van der Waals surface area contributed by atoms with Gasteiger partial charge in [0.1, 0.15) is 5.75 Å². The van der Waals surface area contributed by atoms with E-state index >= 15 is 0 Å². The topological polar surface area (TPSA) is 61.0 Å². The van der Waals surface area contributed by atoms with Crippen LogP contribution in [0.25, 0.3) is 0 Å². The molecule has 1 aromatic heterocycles. The molecular formula is C14H17N3O. The molecule has 2 N–H and O–H groups in total. The van der Waals surface area contributed by atoms with Crippen LogP contribution in [0.1, 0.15) is 24.6 Å². The van der Waals surface area contributed by atoms with Gasteiger partial charge in [-0.1, -0.05) is 25.5 Å². The number of hydrogen-bond acceptors (Lipinski definition) is 4. The summed E-state index contributed by atoms with van der Waals surface area (Å²) in [5.74, 6) is 0.740. The number of ether oxygens (including phenoxy) is 1. The van der Waals surface area contributed by atoms with Gasteiger partial charge in [-0.2, -0.15) is 4.98 Å². The highest BCUT2D eigenvalue weighted by Crippen LogP contribution is 2.18. The van der Waals surface area contributed by atoms with Crippen molar-refractivity contribution in [1.29, 1.82) is 0 Å². The third-order valence-corrected chi connectivity index (χ3v) is 2.57. The highest BCUT2D eigenvalue weighted by molar-refractivity contribution is 5.29. The van der Waals surface area contributed by atoms with Crippen LogP contribution in [0.4, 0.5) is 0 Å². The summed E-state index contributed by atoms with van der Waals surface area (Å²) in [5, 5.41) is 0. The minimum atomic E-state index is 0.334. The smallest absolute Gasteiger partial charge is 0.322 e. The molecule has 1 heterocycles. The van der Waals surface area contributed by atoms with Crippen molar-refractivity contribution in [2.45, 2.75) is 26.3 Å². The van der Waals surface area contributed by atoms with Crippen molar-refractivity contribution in [3.63, 3.8) is 0 Å². The first-order valence-electron chi connectivity index (χ1n) is 6.10. The van der Waals surface area contributed by atoms with E-state index in [0.717, 1.165) is 24.3 Å². The second-order valence-electron chi connectivity index (χ2n) is 4.03. The monoisotopic (exact) mass is 243 g/mol. The lowest BCUT2D eigenvalue weighted by Crippen LogP contribution is -2.01. The van der Waals surface area contributed by atoms with Gasteiger partial charge >= 0.3 is 6.01 Å². The zero-order valence-electron chi connectivity index (χ0n) is 10.5. The Kier molecular flexibility index (Phi) is 4.25. The number of hydrogen-bond donors (Lipinski definition) is 1. The lowest BCUT2D eigenvalue weighted by Gasteiger charge is -2.05. The van der Waals surface area contributed by atoms with E-state index in [0.29, 0.717) is 12.6 Å². The maximum atomic E-state index is 5.58. The molecule has 0 atom stereocenters. The van der Waals surface area contributed by atoms with Gasteiger partial charge in [0, 0.05) is 12.7 Å². The average Bonchev–Trinajstić information content (AvgIpc) is 2.42. The molecule has 2 aromatic rings. The molecule has 1 aromatic carbocycles. The molecule has 0 aliphatic heterocycles. The van der Waals surface area contributed by atoms with Gasteiger partial charge in [0.15, 0.2) is 0 Å². The molecule has 0 radical (unpaired) electrons. The van der Waals surface area contributed by atoms with E-state index in [1.165, 1.54) is 5.56 Å². The zero-order valence-corrected chi connectivity index (χ0v) is 10.5. The molecule has 0 bridgehead atoms. The van der Waals surface area contributed by atoms with Crippen LogP contribution in [0.3, 0.4) is 0 Å². The number of aromatic nitrogens is 2. The van der Waals surface area contributed by atoms with Crippen LogP contribution < -0.4 is 10.5 Å². The molecule has 0 unspecified atom stereocenters. The summed E-state index contributed by atoms with van der Waals surface area (Å²) in [7, 11) is 0. The first kappa shape index (κ1) is 12.5. The van der Waals surface area contributed by atoms with Crippen molar-refractivity contribution in [1.82, 2.24) is 9.97 Å². The summed E-state index contributed by atoms with van der Waals surface area (Å²) in [6, 6.07) is 10.1. The summed E-state index contributed by atoms with van der Waals surface area (Å²) in [6.45, 7) is 2.55. The molecule has 94 valence electrons. The molecular weight excluding hydrogens is 226 g/mol. The molecule has 0 amide bonds. The Balaban J connectivity index is 2.08. The van der Waals surface area contributed by atoms with Gasteiger partial charge in [0.25, 0.3) is 0 Å². The van der Waals surface area contributed by atoms with Gasteiger partial charge in [-0.3, -0.25) is 0 Å². The first-order valence-corrected chi connectivity index (χ1v) is 6.10. The lowest BCUT2D eigenvalue weighted by atomic mass is 10.1. The third kappa shape index (κ3) is 3.28. The standard InChI is InChI=1S/C14H17N3O/c1-2-3-11-4-6-13(7-5-11)18-14-16-9-8-12(10-15)17-14/h4-9H,2-3,10,15H2,1H3. The van der Waals surface area contributed by atoms with Crippen LogP contribution in [-0.2, 0) is 13.0 Å². The Bertz CT molecular complexity index is 497. The quantitative estimate of drug-likeness (QED) is 0.877. The van der Waals surface area contributed by atoms with Crippen molar-refractivity contribution in [3.8, 4) is 11.8 Å². The van der Waals surface area contributed by atoms with Gasteiger partial charge in [-0.15, -0.1) is 0 Å². The van der Waals surface area contributed by atoms with Crippen molar-refractivity contribution in [3.05, 3.63) is 47.8 Å². The second kappa shape index (κ2) is 6.12. The van der Waals surface area contributed by atoms with Crippen LogP contribution in [-0.4, -0.2) is 9.97 Å². The molecule has 0 saturated heterocycles. The van der Waals surface area contributed by atoms with E-state index in [4.69, 9.17) is 10.5 Å². The summed E-state index contributed by atoms with van der Waals surface area (Å²) in [4.78, 5) is 8.24. The van der Waals surface area contributed by atoms with Crippen LogP contribution in [0.2, 0.25) is 0 Å². The molecule has 0 saturated carbocycles. The molecule has 0 aliphatic rings. The Morgan fingerprint density at radius 1 is 1.17 bits per heavy atom. The maximum Gasteiger partial charge on any atom is 0.322 e. The summed E-state index contributed by atoms with van der Waals surface area (Å²) >= 11 is 0. The van der Waals surface area contributed by atoms with Gasteiger partial charge in [0.05, 0.1) is 5.69 Å². The SMILES string of the molecule is CCCc1ccc(Oc2nccc(CN)n2)cc1. The van der Waals surface area contributed by atoms with E-state index in [1.54, 1.807) is 12.3 Å². The predicted molar refractivity (Wildman–Crippen MR) is 70.4 cm³/mol. The number of nitrogens with two attached hydrogens (primary N) is 1. The van der Waals surface area contributed by atoms with Crippen LogP contribution in [0.5, 0.6) is 11.8 Å². The Hall–Kier alpha value is -1.94. The Labute approximate surface area is 107 Å². The number of aryl methyl sites for hydroxylation is 1. The largest absolute Gasteiger partial charge is 0.424 e. The van der Waals surface area contributed by atoms with Crippen LogP contribution in [0.15, 0.2) is 36.5 Å². The van der Waals surface area contributed by atoms with E-state index in [-0.39, 0.29) is 0 Å². The van der Waals surface area contributed by atoms with Crippen molar-refractivity contribution in [2.24, 2.45) is 5.73 Å². The molecule has 2 rings (SSSR count). The summed E-state index contributed by atoms with van der Waals surface area (Å²) < 4.78 is 5.58. The zero-order chi connectivity index (χ0) is 12.8. The fourth-order valence-electron chi connectivity index (χ4n) is 1.66. The summed E-state index contributed by atoms with van der Waals surface area (Å²) in [5.41, 5.74) is 7.59. The molecule has 0 spiro atoms. The highest BCUT2D eigenvalue weighted by atomic mass is 16.5. The van der Waals surface area contributed by atoms with Crippen LogP contribution >= 0.6 is 0 Å². The Morgan fingerprint density at radius 2 is 1.94 bits per heavy atom. The van der Waals surface area contributed by atoms with Crippen molar-refractivity contribution in [2.75, 3.05) is 0 Å². The Morgan fingerprint density at radius 3 is 2.61 bits per heavy atom. The number of nitrogens with zero attached hydrogens (tertiary/aromatic N) is 2.